The Morgan fingerprint density at radius 3 is 2.52 bits per heavy atom. The smallest absolute Gasteiger partial charge is 0.255 e. The first-order chi connectivity index (χ1) is 14.1. The van der Waals surface area contributed by atoms with Gasteiger partial charge in [0.15, 0.2) is 0 Å². The Labute approximate surface area is 170 Å². The molecule has 3 rings (SSSR count). The van der Waals surface area contributed by atoms with Gasteiger partial charge in [-0.3, -0.25) is 14.4 Å². The zero-order valence-electron chi connectivity index (χ0n) is 16.4. The number of hydrogen-bond acceptors (Lipinski definition) is 4. The monoisotopic (exact) mass is 395 g/mol. The Bertz CT molecular complexity index is 880. The van der Waals surface area contributed by atoms with Crippen LogP contribution in [0.15, 0.2) is 48.5 Å². The molecule has 0 radical (unpaired) electrons. The summed E-state index contributed by atoms with van der Waals surface area (Å²) in [5, 5.41) is 5.62. The van der Waals surface area contributed by atoms with Gasteiger partial charge in [-0.1, -0.05) is 12.1 Å². The summed E-state index contributed by atoms with van der Waals surface area (Å²) >= 11 is 0. The first kappa shape index (κ1) is 20.5. The molecular formula is C22H25N3O4. The Balaban J connectivity index is 1.66. The molecule has 0 aromatic heterocycles. The van der Waals surface area contributed by atoms with Crippen LogP contribution in [0.5, 0.6) is 0 Å². The van der Waals surface area contributed by atoms with Crippen molar-refractivity contribution in [3.63, 3.8) is 0 Å². The fourth-order valence-corrected chi connectivity index (χ4v) is 3.21. The van der Waals surface area contributed by atoms with Gasteiger partial charge in [-0.15, -0.1) is 0 Å². The highest BCUT2D eigenvalue weighted by molar-refractivity contribution is 6.09. The molecule has 2 N–H and O–H groups in total. The average Bonchev–Trinajstić information content (AvgIpc) is 3.17. The van der Waals surface area contributed by atoms with Gasteiger partial charge in [0, 0.05) is 44.5 Å². The van der Waals surface area contributed by atoms with E-state index in [4.69, 9.17) is 4.74 Å². The number of benzene rings is 2. The van der Waals surface area contributed by atoms with Crippen molar-refractivity contribution in [2.24, 2.45) is 0 Å². The van der Waals surface area contributed by atoms with Crippen molar-refractivity contribution in [2.45, 2.75) is 19.3 Å². The van der Waals surface area contributed by atoms with Gasteiger partial charge in [-0.2, -0.15) is 0 Å². The normalized spacial score (nSPS) is 13.4. The Morgan fingerprint density at radius 1 is 1.07 bits per heavy atom. The summed E-state index contributed by atoms with van der Waals surface area (Å²) < 4.78 is 4.97. The van der Waals surface area contributed by atoms with E-state index in [0.717, 1.165) is 12.1 Å². The third kappa shape index (κ3) is 5.20. The van der Waals surface area contributed by atoms with Crippen molar-refractivity contribution in [3.05, 3.63) is 59.7 Å². The quantitative estimate of drug-likeness (QED) is 0.673. The Hall–Kier alpha value is -3.19. The minimum atomic E-state index is -0.316. The minimum Gasteiger partial charge on any atom is -0.385 e. The van der Waals surface area contributed by atoms with Crippen molar-refractivity contribution in [1.29, 1.82) is 0 Å². The molecule has 1 fully saturated rings. The topological polar surface area (TPSA) is 87.7 Å². The summed E-state index contributed by atoms with van der Waals surface area (Å²) in [6.07, 6.45) is 2.13. The molecule has 1 aliphatic rings. The van der Waals surface area contributed by atoms with Crippen LogP contribution in [0.1, 0.15) is 40.0 Å². The number of para-hydroxylation sites is 1. The predicted octanol–water partition coefficient (Wildman–Crippen LogP) is 2.83. The Kier molecular flexibility index (Phi) is 6.97. The van der Waals surface area contributed by atoms with Crippen LogP contribution in [0.4, 0.5) is 11.4 Å². The van der Waals surface area contributed by atoms with Gasteiger partial charge in [0.05, 0.1) is 11.3 Å². The summed E-state index contributed by atoms with van der Waals surface area (Å²) in [6.45, 7) is 1.76. The zero-order chi connectivity index (χ0) is 20.6. The summed E-state index contributed by atoms with van der Waals surface area (Å²) in [5.41, 5.74) is 2.09. The first-order valence-electron chi connectivity index (χ1n) is 9.68. The number of carbonyl (C=O) groups is 3. The van der Waals surface area contributed by atoms with E-state index in [2.05, 4.69) is 10.6 Å². The molecule has 3 amide bonds. The van der Waals surface area contributed by atoms with Crippen LogP contribution in [0.3, 0.4) is 0 Å². The van der Waals surface area contributed by atoms with Crippen LogP contribution in [0.25, 0.3) is 0 Å². The van der Waals surface area contributed by atoms with Gasteiger partial charge in [0.25, 0.3) is 11.8 Å². The van der Waals surface area contributed by atoms with Crippen molar-refractivity contribution < 1.29 is 19.1 Å². The lowest BCUT2D eigenvalue weighted by atomic mass is 10.1. The number of carbonyl (C=O) groups excluding carboxylic acids is 3. The molecule has 0 atom stereocenters. The van der Waals surface area contributed by atoms with E-state index in [1.54, 1.807) is 60.5 Å². The number of rotatable bonds is 8. The predicted molar refractivity (Wildman–Crippen MR) is 111 cm³/mol. The number of nitrogens with zero attached hydrogens (tertiary/aromatic N) is 1. The summed E-state index contributed by atoms with van der Waals surface area (Å²) in [4.78, 5) is 38.6. The minimum absolute atomic E-state index is 0.104. The standard InChI is InChI=1S/C22H25N3O4/c1-29-15-5-13-23-22(28)18-6-2-3-7-19(18)24-21(27)16-9-11-17(12-10-16)25-14-4-8-20(25)26/h2-3,6-7,9-12H,4-5,8,13-15H2,1H3,(H,23,28)(H,24,27). The van der Waals surface area contributed by atoms with Crippen LogP contribution in [0.2, 0.25) is 0 Å². The van der Waals surface area contributed by atoms with Gasteiger partial charge in [-0.25, -0.2) is 0 Å². The third-order valence-electron chi connectivity index (χ3n) is 4.75. The van der Waals surface area contributed by atoms with E-state index >= 15 is 0 Å². The van der Waals surface area contributed by atoms with E-state index in [9.17, 15) is 14.4 Å². The van der Waals surface area contributed by atoms with Crippen LogP contribution in [0, 0.1) is 0 Å². The molecule has 2 aromatic carbocycles. The molecule has 0 unspecified atom stereocenters. The number of amides is 3. The summed E-state index contributed by atoms with van der Waals surface area (Å²) in [6, 6.07) is 13.8. The molecular weight excluding hydrogens is 370 g/mol. The number of ether oxygens (including phenoxy) is 1. The second kappa shape index (κ2) is 9.84. The Morgan fingerprint density at radius 2 is 1.83 bits per heavy atom. The second-order valence-electron chi connectivity index (χ2n) is 6.80. The number of nitrogens with one attached hydrogen (secondary N) is 2. The molecule has 0 aliphatic carbocycles. The fourth-order valence-electron chi connectivity index (χ4n) is 3.21. The number of anilines is 2. The maximum Gasteiger partial charge on any atom is 0.255 e. The molecule has 0 saturated carbocycles. The van der Waals surface area contributed by atoms with E-state index in [0.29, 0.717) is 49.4 Å². The number of hydrogen-bond donors (Lipinski definition) is 2. The molecule has 1 heterocycles. The van der Waals surface area contributed by atoms with Crippen LogP contribution in [-0.2, 0) is 9.53 Å². The highest BCUT2D eigenvalue weighted by atomic mass is 16.5. The second-order valence-corrected chi connectivity index (χ2v) is 6.80. The van der Waals surface area contributed by atoms with Gasteiger partial charge < -0.3 is 20.3 Å². The third-order valence-corrected chi connectivity index (χ3v) is 4.75. The summed E-state index contributed by atoms with van der Waals surface area (Å²) in [5.74, 6) is -0.462. The SMILES string of the molecule is COCCCNC(=O)c1ccccc1NC(=O)c1ccc(N2CCCC2=O)cc1. The van der Waals surface area contributed by atoms with Gasteiger partial charge in [0.2, 0.25) is 5.91 Å². The van der Waals surface area contributed by atoms with Crippen molar-refractivity contribution in [2.75, 3.05) is 37.0 Å². The largest absolute Gasteiger partial charge is 0.385 e. The summed E-state index contributed by atoms with van der Waals surface area (Å²) in [7, 11) is 1.61. The lowest BCUT2D eigenvalue weighted by Gasteiger charge is -2.16. The van der Waals surface area contributed by atoms with Gasteiger partial charge >= 0.3 is 0 Å². The highest BCUT2D eigenvalue weighted by Gasteiger charge is 2.22. The van der Waals surface area contributed by atoms with E-state index in [1.807, 2.05) is 0 Å². The van der Waals surface area contributed by atoms with Crippen LogP contribution >= 0.6 is 0 Å². The molecule has 29 heavy (non-hydrogen) atoms. The average molecular weight is 395 g/mol. The van der Waals surface area contributed by atoms with E-state index in [1.165, 1.54) is 0 Å². The molecule has 1 saturated heterocycles. The molecule has 0 spiro atoms. The van der Waals surface area contributed by atoms with E-state index in [-0.39, 0.29) is 17.7 Å². The zero-order valence-corrected chi connectivity index (χ0v) is 16.4. The maximum absolute atomic E-state index is 12.6. The van der Waals surface area contributed by atoms with Crippen LogP contribution < -0.4 is 15.5 Å². The van der Waals surface area contributed by atoms with Crippen molar-refractivity contribution >= 4 is 29.1 Å². The lowest BCUT2D eigenvalue weighted by Crippen LogP contribution is -2.26. The van der Waals surface area contributed by atoms with E-state index < -0.39 is 0 Å². The van der Waals surface area contributed by atoms with Crippen molar-refractivity contribution in [3.8, 4) is 0 Å². The van der Waals surface area contributed by atoms with Gasteiger partial charge in [0.1, 0.15) is 0 Å². The fraction of sp³-hybridized carbons (Fsp3) is 0.318. The molecule has 0 bridgehead atoms. The maximum atomic E-state index is 12.6. The highest BCUT2D eigenvalue weighted by Crippen LogP contribution is 2.22. The van der Waals surface area contributed by atoms with Gasteiger partial charge in [-0.05, 0) is 49.2 Å². The molecule has 1 aliphatic heterocycles. The first-order valence-corrected chi connectivity index (χ1v) is 9.68. The lowest BCUT2D eigenvalue weighted by molar-refractivity contribution is -0.117. The molecule has 7 heteroatoms. The number of methoxy groups -OCH3 is 1. The molecule has 2 aromatic rings. The molecule has 7 nitrogen and oxygen atoms in total. The van der Waals surface area contributed by atoms with Crippen molar-refractivity contribution in [1.82, 2.24) is 5.32 Å². The van der Waals surface area contributed by atoms with Crippen LogP contribution in [-0.4, -0.2) is 44.5 Å². The molecule has 152 valence electrons.